The van der Waals surface area contributed by atoms with Crippen LogP contribution in [-0.2, 0) is 14.6 Å². The predicted molar refractivity (Wildman–Crippen MR) is 76.1 cm³/mol. The average Bonchev–Trinajstić information content (AvgIpc) is 2.35. The molecule has 0 fully saturated rings. The van der Waals surface area contributed by atoms with Gasteiger partial charge in [0.15, 0.2) is 15.6 Å². The molecule has 2 atom stereocenters. The van der Waals surface area contributed by atoms with Gasteiger partial charge in [0.1, 0.15) is 5.60 Å². The number of aliphatic hydroxyl groups is 1. The Kier molecular flexibility index (Phi) is 3.84. The summed E-state index contributed by atoms with van der Waals surface area (Å²) in [6.07, 6.45) is 2.75. The van der Waals surface area contributed by atoms with Crippen molar-refractivity contribution in [3.05, 3.63) is 42.0 Å². The van der Waals surface area contributed by atoms with Gasteiger partial charge in [-0.3, -0.25) is 4.79 Å². The van der Waals surface area contributed by atoms with Crippen molar-refractivity contribution in [2.24, 2.45) is 5.92 Å². The lowest BCUT2D eigenvalue weighted by Gasteiger charge is -2.33. The second kappa shape index (κ2) is 5.14. The van der Waals surface area contributed by atoms with Crippen molar-refractivity contribution in [3.63, 3.8) is 0 Å². The third-order valence-corrected chi connectivity index (χ3v) is 5.55. The highest BCUT2D eigenvalue weighted by atomic mass is 32.2. The first kappa shape index (κ1) is 14.9. The summed E-state index contributed by atoms with van der Waals surface area (Å²) in [5, 5.41) is 10.5. The normalized spacial score (nSPS) is 26.8. The van der Waals surface area contributed by atoms with E-state index >= 15 is 0 Å². The molecule has 1 aromatic rings. The Labute approximate surface area is 119 Å². The molecular formula is C15H18O4S. The van der Waals surface area contributed by atoms with E-state index in [9.17, 15) is 18.3 Å². The molecule has 0 radical (unpaired) electrons. The van der Waals surface area contributed by atoms with Crippen LogP contribution in [0.15, 0.2) is 41.3 Å². The van der Waals surface area contributed by atoms with Crippen molar-refractivity contribution in [2.45, 2.75) is 30.8 Å². The van der Waals surface area contributed by atoms with Crippen LogP contribution in [0.3, 0.4) is 0 Å². The quantitative estimate of drug-likeness (QED) is 0.920. The van der Waals surface area contributed by atoms with Crippen LogP contribution in [0.2, 0.25) is 0 Å². The molecule has 0 saturated heterocycles. The van der Waals surface area contributed by atoms with Crippen molar-refractivity contribution in [1.29, 1.82) is 0 Å². The smallest absolute Gasteiger partial charge is 0.181 e. The van der Waals surface area contributed by atoms with Crippen molar-refractivity contribution in [3.8, 4) is 0 Å². The lowest BCUT2D eigenvalue weighted by molar-refractivity contribution is -0.118. The van der Waals surface area contributed by atoms with Gasteiger partial charge in [-0.15, -0.1) is 0 Å². The van der Waals surface area contributed by atoms with Crippen LogP contribution in [-0.4, -0.2) is 30.7 Å². The summed E-state index contributed by atoms with van der Waals surface area (Å²) in [7, 11) is -3.60. The standard InChI is InChI=1S/C15H18O4S/c1-11-3-5-14(6-4-11)20(18,19)10-15(17)8-7-13(16)9-12(15)2/h3-8,12,17H,9-10H2,1-2H3/t12-,15-/m1/s1. The number of rotatable bonds is 3. The van der Waals surface area contributed by atoms with Crippen molar-refractivity contribution in [2.75, 3.05) is 5.75 Å². The van der Waals surface area contributed by atoms with E-state index in [1.54, 1.807) is 19.1 Å². The third kappa shape index (κ3) is 2.99. The van der Waals surface area contributed by atoms with Gasteiger partial charge in [0.2, 0.25) is 0 Å². The predicted octanol–water partition coefficient (Wildman–Crippen LogP) is 1.66. The van der Waals surface area contributed by atoms with Crippen LogP contribution in [0.25, 0.3) is 0 Å². The minimum atomic E-state index is -3.60. The minimum Gasteiger partial charge on any atom is -0.384 e. The molecule has 2 rings (SSSR count). The molecule has 0 saturated carbocycles. The number of allylic oxidation sites excluding steroid dienone is 1. The second-order valence-corrected chi connectivity index (χ2v) is 7.46. The summed E-state index contributed by atoms with van der Waals surface area (Å²) in [6, 6.07) is 6.52. The van der Waals surface area contributed by atoms with E-state index < -0.39 is 27.1 Å². The fraction of sp³-hybridized carbons (Fsp3) is 0.400. The van der Waals surface area contributed by atoms with Crippen molar-refractivity contribution >= 4 is 15.6 Å². The molecule has 5 heteroatoms. The maximum absolute atomic E-state index is 12.4. The molecule has 108 valence electrons. The van der Waals surface area contributed by atoms with E-state index in [0.717, 1.165) is 5.56 Å². The van der Waals surface area contributed by atoms with Gasteiger partial charge in [0, 0.05) is 6.42 Å². The Bertz CT molecular complexity index is 643. The van der Waals surface area contributed by atoms with Crippen LogP contribution in [0.4, 0.5) is 0 Å². The number of hydrogen-bond acceptors (Lipinski definition) is 4. The zero-order chi connectivity index (χ0) is 15.0. The lowest BCUT2D eigenvalue weighted by atomic mass is 9.82. The molecule has 0 spiro atoms. The summed E-state index contributed by atoms with van der Waals surface area (Å²) in [5.41, 5.74) is -0.517. The number of sulfone groups is 1. The second-order valence-electron chi connectivity index (χ2n) is 5.47. The van der Waals surface area contributed by atoms with Gasteiger partial charge in [-0.25, -0.2) is 8.42 Å². The van der Waals surface area contributed by atoms with Crippen LogP contribution in [0.1, 0.15) is 18.9 Å². The summed E-state index contributed by atoms with van der Waals surface area (Å²) in [4.78, 5) is 11.5. The molecule has 1 N–H and O–H groups in total. The topological polar surface area (TPSA) is 71.4 Å². The SMILES string of the molecule is Cc1ccc(S(=O)(=O)C[C@]2(O)C=CC(=O)C[C@H]2C)cc1. The number of aryl methyl sites for hydroxylation is 1. The van der Waals surface area contributed by atoms with Gasteiger partial charge in [-0.05, 0) is 37.1 Å². The maximum Gasteiger partial charge on any atom is 0.181 e. The molecule has 1 aliphatic carbocycles. The Morgan fingerprint density at radius 2 is 1.90 bits per heavy atom. The summed E-state index contributed by atoms with van der Waals surface area (Å²) < 4.78 is 24.7. The summed E-state index contributed by atoms with van der Waals surface area (Å²) in [6.45, 7) is 3.56. The lowest BCUT2D eigenvalue weighted by Crippen LogP contribution is -2.44. The number of carbonyl (C=O) groups excluding carboxylic acids is 1. The highest BCUT2D eigenvalue weighted by Crippen LogP contribution is 2.30. The molecular weight excluding hydrogens is 276 g/mol. The molecule has 1 aliphatic rings. The minimum absolute atomic E-state index is 0.0880. The molecule has 0 unspecified atom stereocenters. The van der Waals surface area contributed by atoms with Gasteiger partial charge >= 0.3 is 0 Å². The highest BCUT2D eigenvalue weighted by molar-refractivity contribution is 7.91. The molecule has 4 nitrogen and oxygen atoms in total. The molecule has 1 aromatic carbocycles. The van der Waals surface area contributed by atoms with Gasteiger partial charge in [-0.1, -0.05) is 24.6 Å². The zero-order valence-corrected chi connectivity index (χ0v) is 12.4. The first-order valence-electron chi connectivity index (χ1n) is 6.47. The fourth-order valence-electron chi connectivity index (χ4n) is 2.27. The largest absolute Gasteiger partial charge is 0.384 e. The highest BCUT2D eigenvalue weighted by Gasteiger charge is 2.39. The molecule has 0 aliphatic heterocycles. The molecule has 0 aromatic heterocycles. The van der Waals surface area contributed by atoms with Crippen molar-refractivity contribution in [1.82, 2.24) is 0 Å². The Morgan fingerprint density at radius 3 is 2.45 bits per heavy atom. The molecule has 0 heterocycles. The van der Waals surface area contributed by atoms with E-state index in [1.165, 1.54) is 24.3 Å². The van der Waals surface area contributed by atoms with Gasteiger partial charge in [0.05, 0.1) is 10.6 Å². The Hall–Kier alpha value is -1.46. The van der Waals surface area contributed by atoms with Crippen LogP contribution < -0.4 is 0 Å². The van der Waals surface area contributed by atoms with Gasteiger partial charge in [-0.2, -0.15) is 0 Å². The first-order valence-corrected chi connectivity index (χ1v) is 8.12. The van der Waals surface area contributed by atoms with Crippen LogP contribution in [0, 0.1) is 12.8 Å². The maximum atomic E-state index is 12.4. The number of hydrogen-bond donors (Lipinski definition) is 1. The zero-order valence-electron chi connectivity index (χ0n) is 11.5. The van der Waals surface area contributed by atoms with Crippen LogP contribution >= 0.6 is 0 Å². The Morgan fingerprint density at radius 1 is 1.30 bits per heavy atom. The third-order valence-electron chi connectivity index (χ3n) is 3.72. The van der Waals surface area contributed by atoms with E-state index in [-0.39, 0.29) is 17.1 Å². The molecule has 0 bridgehead atoms. The van der Waals surface area contributed by atoms with E-state index in [2.05, 4.69) is 0 Å². The van der Waals surface area contributed by atoms with Crippen LogP contribution in [0.5, 0.6) is 0 Å². The first-order chi connectivity index (χ1) is 9.23. The van der Waals surface area contributed by atoms with E-state index in [1.807, 2.05) is 6.92 Å². The molecule has 20 heavy (non-hydrogen) atoms. The summed E-state index contributed by atoms with van der Waals surface area (Å²) >= 11 is 0. The monoisotopic (exact) mass is 294 g/mol. The van der Waals surface area contributed by atoms with E-state index in [0.29, 0.717) is 0 Å². The number of benzene rings is 1. The van der Waals surface area contributed by atoms with Gasteiger partial charge < -0.3 is 5.11 Å². The molecule has 0 amide bonds. The van der Waals surface area contributed by atoms with Crippen molar-refractivity contribution < 1.29 is 18.3 Å². The fourth-order valence-corrected chi connectivity index (χ4v) is 3.98. The number of carbonyl (C=O) groups is 1. The average molecular weight is 294 g/mol. The number of ketones is 1. The summed E-state index contributed by atoms with van der Waals surface area (Å²) in [5.74, 6) is -0.913. The van der Waals surface area contributed by atoms with Gasteiger partial charge in [0.25, 0.3) is 0 Å². The van der Waals surface area contributed by atoms with E-state index in [4.69, 9.17) is 0 Å². The Balaban J connectivity index is 2.30.